The lowest BCUT2D eigenvalue weighted by atomic mass is 10.1. The Bertz CT molecular complexity index is 460. The van der Waals surface area contributed by atoms with E-state index in [9.17, 15) is 13.2 Å². The minimum absolute atomic E-state index is 0.0239. The van der Waals surface area contributed by atoms with Gasteiger partial charge in [0.05, 0.1) is 6.61 Å². The van der Waals surface area contributed by atoms with Gasteiger partial charge in [-0.05, 0) is 12.8 Å². The predicted octanol–water partition coefficient (Wildman–Crippen LogP) is 1.72. The number of hydrogen-bond acceptors (Lipinski definition) is 5. The number of nitrogens with one attached hydrogen (secondary N) is 2. The summed E-state index contributed by atoms with van der Waals surface area (Å²) in [4.78, 5) is 6.82. The van der Waals surface area contributed by atoms with E-state index >= 15 is 0 Å². The molecular formula is C11H15F3N4O. The second kappa shape index (κ2) is 4.84. The minimum Gasteiger partial charge on any atom is -0.396 e. The van der Waals surface area contributed by atoms with Gasteiger partial charge in [0.25, 0.3) is 0 Å². The fraction of sp³-hybridized carbons (Fsp3) is 0.636. The Morgan fingerprint density at radius 1 is 1.32 bits per heavy atom. The van der Waals surface area contributed by atoms with Gasteiger partial charge in [-0.15, -0.1) is 0 Å². The van der Waals surface area contributed by atoms with E-state index in [0.29, 0.717) is 6.54 Å². The summed E-state index contributed by atoms with van der Waals surface area (Å²) >= 11 is 0. The maximum Gasteiger partial charge on any atom is 0.451 e. The Labute approximate surface area is 108 Å². The standard InChI is InChI=1S/C11H15F3N4O/c1-15-7-4-8(16-5-10(6-19)2-3-10)18-9(17-7)11(12,13)14/h4,19H,2-3,5-6H2,1H3,(H2,15,16,17,18). The van der Waals surface area contributed by atoms with E-state index in [0.717, 1.165) is 12.8 Å². The third-order valence-corrected chi connectivity index (χ3v) is 3.17. The maximum absolute atomic E-state index is 12.6. The first-order valence-corrected chi connectivity index (χ1v) is 5.87. The lowest BCUT2D eigenvalue weighted by Gasteiger charge is -2.15. The second-order valence-corrected chi connectivity index (χ2v) is 4.72. The van der Waals surface area contributed by atoms with Crippen LogP contribution in [-0.2, 0) is 6.18 Å². The summed E-state index contributed by atoms with van der Waals surface area (Å²) in [6.45, 7) is 0.428. The summed E-state index contributed by atoms with van der Waals surface area (Å²) in [6.07, 6.45) is -2.85. The molecule has 1 fully saturated rings. The normalized spacial score (nSPS) is 17.1. The number of rotatable bonds is 5. The summed E-state index contributed by atoms with van der Waals surface area (Å²) in [5, 5.41) is 14.6. The number of hydrogen-bond donors (Lipinski definition) is 3. The largest absolute Gasteiger partial charge is 0.451 e. The van der Waals surface area contributed by atoms with Crippen LogP contribution in [-0.4, -0.2) is 35.3 Å². The lowest BCUT2D eigenvalue weighted by Crippen LogP contribution is -2.21. The van der Waals surface area contributed by atoms with E-state index in [1.165, 1.54) is 13.1 Å². The first kappa shape index (κ1) is 13.9. The van der Waals surface area contributed by atoms with Crippen molar-refractivity contribution >= 4 is 11.6 Å². The molecule has 106 valence electrons. The molecule has 2 rings (SSSR count). The van der Waals surface area contributed by atoms with Gasteiger partial charge in [-0.25, -0.2) is 9.97 Å². The molecule has 0 unspecified atom stereocenters. The first-order chi connectivity index (χ1) is 8.88. The van der Waals surface area contributed by atoms with Crippen LogP contribution in [0.2, 0.25) is 0 Å². The molecule has 0 saturated heterocycles. The summed E-state index contributed by atoms with van der Waals surface area (Å²) < 4.78 is 37.8. The summed E-state index contributed by atoms with van der Waals surface area (Å²) in [5.74, 6) is -0.985. The fourth-order valence-corrected chi connectivity index (χ4v) is 1.64. The molecule has 1 aliphatic carbocycles. The molecule has 0 spiro atoms. The van der Waals surface area contributed by atoms with Gasteiger partial charge in [0, 0.05) is 25.1 Å². The van der Waals surface area contributed by atoms with E-state index in [1.54, 1.807) is 0 Å². The highest BCUT2D eigenvalue weighted by molar-refractivity contribution is 5.47. The topological polar surface area (TPSA) is 70.1 Å². The van der Waals surface area contributed by atoms with E-state index in [2.05, 4.69) is 20.6 Å². The maximum atomic E-state index is 12.6. The lowest BCUT2D eigenvalue weighted by molar-refractivity contribution is -0.144. The Morgan fingerprint density at radius 3 is 2.42 bits per heavy atom. The number of aliphatic hydroxyl groups is 1. The molecule has 1 aliphatic rings. The minimum atomic E-state index is -4.59. The van der Waals surface area contributed by atoms with Crippen molar-refractivity contribution in [3.05, 3.63) is 11.9 Å². The van der Waals surface area contributed by atoms with Crippen LogP contribution in [0.3, 0.4) is 0 Å². The van der Waals surface area contributed by atoms with Crippen LogP contribution in [0.25, 0.3) is 0 Å². The van der Waals surface area contributed by atoms with Crippen LogP contribution in [0.15, 0.2) is 6.07 Å². The second-order valence-electron chi connectivity index (χ2n) is 4.72. The molecule has 1 saturated carbocycles. The van der Waals surface area contributed by atoms with Crippen molar-refractivity contribution in [3.63, 3.8) is 0 Å². The molecule has 1 aromatic rings. The summed E-state index contributed by atoms with van der Waals surface area (Å²) in [6, 6.07) is 1.41. The Balaban J connectivity index is 2.15. The number of alkyl halides is 3. The number of aromatic nitrogens is 2. The zero-order valence-corrected chi connectivity index (χ0v) is 10.4. The van der Waals surface area contributed by atoms with E-state index in [-0.39, 0.29) is 23.7 Å². The van der Waals surface area contributed by atoms with Gasteiger partial charge in [0.2, 0.25) is 5.82 Å². The van der Waals surface area contributed by atoms with Crippen molar-refractivity contribution in [3.8, 4) is 0 Å². The molecule has 0 aliphatic heterocycles. The van der Waals surface area contributed by atoms with Crippen molar-refractivity contribution in [2.45, 2.75) is 19.0 Å². The Morgan fingerprint density at radius 2 is 1.95 bits per heavy atom. The van der Waals surface area contributed by atoms with Crippen LogP contribution in [0.1, 0.15) is 18.7 Å². The molecule has 1 aromatic heterocycles. The molecule has 1 heterocycles. The molecule has 3 N–H and O–H groups in total. The first-order valence-electron chi connectivity index (χ1n) is 5.87. The van der Waals surface area contributed by atoms with Crippen LogP contribution < -0.4 is 10.6 Å². The van der Waals surface area contributed by atoms with Gasteiger partial charge in [0.15, 0.2) is 0 Å². The quantitative estimate of drug-likeness (QED) is 0.764. The van der Waals surface area contributed by atoms with E-state index < -0.39 is 12.0 Å². The molecule has 8 heteroatoms. The molecule has 19 heavy (non-hydrogen) atoms. The van der Waals surface area contributed by atoms with Crippen LogP contribution in [0.5, 0.6) is 0 Å². The molecule has 0 radical (unpaired) electrons. The molecule has 5 nitrogen and oxygen atoms in total. The smallest absolute Gasteiger partial charge is 0.396 e. The van der Waals surface area contributed by atoms with Gasteiger partial charge in [0.1, 0.15) is 11.6 Å². The number of nitrogens with zero attached hydrogens (tertiary/aromatic N) is 2. The fourth-order valence-electron chi connectivity index (χ4n) is 1.64. The summed E-state index contributed by atoms with van der Waals surface area (Å²) in [7, 11) is 1.49. The third-order valence-electron chi connectivity index (χ3n) is 3.17. The van der Waals surface area contributed by atoms with Crippen LogP contribution in [0, 0.1) is 5.41 Å². The van der Waals surface area contributed by atoms with Gasteiger partial charge in [-0.3, -0.25) is 0 Å². The van der Waals surface area contributed by atoms with E-state index in [4.69, 9.17) is 5.11 Å². The van der Waals surface area contributed by atoms with Crippen LogP contribution in [0.4, 0.5) is 24.8 Å². The van der Waals surface area contributed by atoms with Crippen molar-refractivity contribution in [2.24, 2.45) is 5.41 Å². The van der Waals surface area contributed by atoms with Crippen molar-refractivity contribution in [1.29, 1.82) is 0 Å². The van der Waals surface area contributed by atoms with Gasteiger partial charge >= 0.3 is 6.18 Å². The molecular weight excluding hydrogens is 261 g/mol. The zero-order chi connectivity index (χ0) is 14.1. The summed E-state index contributed by atoms with van der Waals surface area (Å²) in [5.41, 5.74) is -0.205. The average molecular weight is 276 g/mol. The van der Waals surface area contributed by atoms with Crippen molar-refractivity contribution < 1.29 is 18.3 Å². The SMILES string of the molecule is CNc1cc(NCC2(CO)CC2)nc(C(F)(F)F)n1. The number of anilines is 2. The molecule has 0 bridgehead atoms. The van der Waals surface area contributed by atoms with Crippen LogP contribution >= 0.6 is 0 Å². The Hall–Kier alpha value is -1.57. The number of aliphatic hydroxyl groups excluding tert-OH is 1. The van der Waals surface area contributed by atoms with Crippen molar-refractivity contribution in [2.75, 3.05) is 30.8 Å². The van der Waals surface area contributed by atoms with Crippen molar-refractivity contribution in [1.82, 2.24) is 9.97 Å². The molecule has 0 atom stereocenters. The third kappa shape index (κ3) is 3.25. The molecule has 0 aromatic carbocycles. The molecule has 0 amide bonds. The highest BCUT2D eigenvalue weighted by Gasteiger charge is 2.42. The highest BCUT2D eigenvalue weighted by atomic mass is 19.4. The van der Waals surface area contributed by atoms with Gasteiger partial charge in [-0.1, -0.05) is 0 Å². The van der Waals surface area contributed by atoms with E-state index in [1.807, 2.05) is 0 Å². The Kier molecular flexibility index (Phi) is 3.53. The predicted molar refractivity (Wildman–Crippen MR) is 63.8 cm³/mol. The average Bonchev–Trinajstić information content (AvgIpc) is 3.15. The number of halogens is 3. The highest BCUT2D eigenvalue weighted by Crippen LogP contribution is 2.44. The van der Waals surface area contributed by atoms with Gasteiger partial charge < -0.3 is 15.7 Å². The van der Waals surface area contributed by atoms with Gasteiger partial charge in [-0.2, -0.15) is 13.2 Å². The zero-order valence-electron chi connectivity index (χ0n) is 10.4. The monoisotopic (exact) mass is 276 g/mol.